The fourth-order valence-corrected chi connectivity index (χ4v) is 1.04. The van der Waals surface area contributed by atoms with Crippen LogP contribution in [0.4, 0.5) is 0 Å². The lowest BCUT2D eigenvalue weighted by Gasteiger charge is -2.31. The van der Waals surface area contributed by atoms with Crippen molar-refractivity contribution in [2.75, 3.05) is 13.2 Å². The van der Waals surface area contributed by atoms with Gasteiger partial charge in [-0.25, -0.2) is 0 Å². The van der Waals surface area contributed by atoms with Crippen molar-refractivity contribution in [2.45, 2.75) is 19.8 Å². The van der Waals surface area contributed by atoms with Crippen LogP contribution < -0.4 is 5.32 Å². The second-order valence-electron chi connectivity index (χ2n) is 3.25. The number of aliphatic hydroxyl groups excluding tert-OH is 1. The molecule has 0 spiro atoms. The third-order valence-electron chi connectivity index (χ3n) is 2.05. The van der Waals surface area contributed by atoms with E-state index in [0.29, 0.717) is 13.0 Å². The highest BCUT2D eigenvalue weighted by molar-refractivity contribution is 5.76. The zero-order chi connectivity index (χ0) is 7.61. The minimum Gasteiger partial charge on any atom is -0.396 e. The first-order valence-electron chi connectivity index (χ1n) is 3.54. The van der Waals surface area contributed by atoms with E-state index >= 15 is 0 Å². The molecule has 1 aliphatic rings. The number of carbonyl (C=O) groups excluding carboxylic acids is 1. The minimum absolute atomic E-state index is 0.0755. The standard InChI is InChI=1S/C7H13NO2/c1-7(5-9)3-2-6(10)8-4-7/h9H,2-5H2,1H3,(H,8,10)/t7-/m1/s1. The highest BCUT2D eigenvalue weighted by Crippen LogP contribution is 2.24. The predicted octanol–water partition coefficient (Wildman–Crippen LogP) is -0.105. The van der Waals surface area contributed by atoms with Crippen LogP contribution in [0.2, 0.25) is 0 Å². The van der Waals surface area contributed by atoms with Crippen LogP contribution in [0.5, 0.6) is 0 Å². The van der Waals surface area contributed by atoms with Gasteiger partial charge in [0.05, 0.1) is 6.61 Å². The molecule has 0 radical (unpaired) electrons. The Kier molecular flexibility index (Phi) is 1.94. The van der Waals surface area contributed by atoms with Crippen LogP contribution in [0, 0.1) is 5.41 Å². The first kappa shape index (κ1) is 7.54. The van der Waals surface area contributed by atoms with Crippen molar-refractivity contribution in [1.29, 1.82) is 0 Å². The van der Waals surface area contributed by atoms with Gasteiger partial charge in [-0.3, -0.25) is 4.79 Å². The molecule has 3 nitrogen and oxygen atoms in total. The third-order valence-corrected chi connectivity index (χ3v) is 2.05. The van der Waals surface area contributed by atoms with E-state index < -0.39 is 0 Å². The molecule has 0 bridgehead atoms. The quantitative estimate of drug-likeness (QED) is 0.538. The monoisotopic (exact) mass is 143 g/mol. The van der Waals surface area contributed by atoms with Gasteiger partial charge in [-0.15, -0.1) is 0 Å². The molecule has 0 aliphatic carbocycles. The summed E-state index contributed by atoms with van der Waals surface area (Å²) in [5.41, 5.74) is -0.0755. The fraction of sp³-hybridized carbons (Fsp3) is 0.857. The lowest BCUT2D eigenvalue weighted by Crippen LogP contribution is -2.43. The van der Waals surface area contributed by atoms with Gasteiger partial charge in [0.15, 0.2) is 0 Å². The number of hydrogen-bond acceptors (Lipinski definition) is 2. The van der Waals surface area contributed by atoms with E-state index in [9.17, 15) is 4.79 Å². The molecule has 1 fully saturated rings. The van der Waals surface area contributed by atoms with Gasteiger partial charge in [0.2, 0.25) is 5.91 Å². The Labute approximate surface area is 60.4 Å². The molecular weight excluding hydrogens is 130 g/mol. The molecule has 0 aromatic heterocycles. The normalized spacial score (nSPS) is 33.6. The number of nitrogens with one attached hydrogen (secondary N) is 1. The summed E-state index contributed by atoms with van der Waals surface area (Å²) >= 11 is 0. The van der Waals surface area contributed by atoms with Crippen LogP contribution in [0.1, 0.15) is 19.8 Å². The Bertz CT molecular complexity index is 135. The molecule has 1 amide bonds. The van der Waals surface area contributed by atoms with Gasteiger partial charge in [0, 0.05) is 18.4 Å². The number of hydrogen-bond donors (Lipinski definition) is 2. The lowest BCUT2D eigenvalue weighted by molar-refractivity contribution is -0.124. The van der Waals surface area contributed by atoms with E-state index in [1.165, 1.54) is 0 Å². The first-order chi connectivity index (χ1) is 4.66. The maximum absolute atomic E-state index is 10.7. The smallest absolute Gasteiger partial charge is 0.220 e. The van der Waals surface area contributed by atoms with E-state index in [-0.39, 0.29) is 17.9 Å². The second-order valence-corrected chi connectivity index (χ2v) is 3.25. The Morgan fingerprint density at radius 2 is 2.50 bits per heavy atom. The predicted molar refractivity (Wildman–Crippen MR) is 37.4 cm³/mol. The van der Waals surface area contributed by atoms with Crippen molar-refractivity contribution in [3.05, 3.63) is 0 Å². The van der Waals surface area contributed by atoms with Crippen molar-refractivity contribution >= 4 is 5.91 Å². The number of piperidine rings is 1. The Hall–Kier alpha value is -0.570. The molecule has 1 aliphatic heterocycles. The number of amides is 1. The summed E-state index contributed by atoms with van der Waals surface area (Å²) in [5.74, 6) is 0.103. The Balaban J connectivity index is 2.46. The summed E-state index contributed by atoms with van der Waals surface area (Å²) < 4.78 is 0. The highest BCUT2D eigenvalue weighted by Gasteiger charge is 2.28. The van der Waals surface area contributed by atoms with Gasteiger partial charge in [0.1, 0.15) is 0 Å². The van der Waals surface area contributed by atoms with E-state index in [0.717, 1.165) is 6.42 Å². The van der Waals surface area contributed by atoms with Crippen molar-refractivity contribution in [3.8, 4) is 0 Å². The maximum Gasteiger partial charge on any atom is 0.220 e. The average Bonchev–Trinajstić information content (AvgIpc) is 1.96. The molecule has 1 heterocycles. The van der Waals surface area contributed by atoms with Gasteiger partial charge in [0.25, 0.3) is 0 Å². The largest absolute Gasteiger partial charge is 0.396 e. The zero-order valence-corrected chi connectivity index (χ0v) is 6.18. The summed E-state index contributed by atoms with van der Waals surface area (Å²) in [7, 11) is 0. The van der Waals surface area contributed by atoms with Crippen molar-refractivity contribution in [2.24, 2.45) is 5.41 Å². The summed E-state index contributed by atoms with van der Waals surface area (Å²) in [4.78, 5) is 10.7. The van der Waals surface area contributed by atoms with E-state index in [1.54, 1.807) is 0 Å². The average molecular weight is 143 g/mol. The third kappa shape index (κ3) is 1.48. The van der Waals surface area contributed by atoms with Crippen molar-refractivity contribution in [3.63, 3.8) is 0 Å². The van der Waals surface area contributed by atoms with Crippen LogP contribution in [0.15, 0.2) is 0 Å². The molecule has 10 heavy (non-hydrogen) atoms. The van der Waals surface area contributed by atoms with Gasteiger partial charge in [-0.2, -0.15) is 0 Å². The lowest BCUT2D eigenvalue weighted by atomic mass is 9.84. The summed E-state index contributed by atoms with van der Waals surface area (Å²) in [6.45, 7) is 2.75. The number of aliphatic hydroxyl groups is 1. The highest BCUT2D eigenvalue weighted by atomic mass is 16.3. The maximum atomic E-state index is 10.7. The summed E-state index contributed by atoms with van der Waals surface area (Å²) in [6.07, 6.45) is 1.35. The zero-order valence-electron chi connectivity index (χ0n) is 6.18. The molecular formula is C7H13NO2. The Morgan fingerprint density at radius 1 is 1.80 bits per heavy atom. The van der Waals surface area contributed by atoms with Crippen molar-refractivity contribution < 1.29 is 9.90 Å². The summed E-state index contributed by atoms with van der Waals surface area (Å²) in [6, 6.07) is 0. The Morgan fingerprint density at radius 3 is 2.90 bits per heavy atom. The SMILES string of the molecule is C[C@@]1(CO)CCC(=O)NC1. The minimum atomic E-state index is -0.0755. The van der Waals surface area contributed by atoms with Gasteiger partial charge in [-0.05, 0) is 6.42 Å². The van der Waals surface area contributed by atoms with E-state index in [4.69, 9.17) is 5.11 Å². The molecule has 0 aromatic rings. The molecule has 0 aromatic carbocycles. The first-order valence-corrected chi connectivity index (χ1v) is 3.54. The summed E-state index contributed by atoms with van der Waals surface area (Å²) in [5, 5.41) is 11.6. The molecule has 58 valence electrons. The van der Waals surface area contributed by atoms with Crippen LogP contribution in [-0.4, -0.2) is 24.2 Å². The van der Waals surface area contributed by atoms with E-state index in [1.807, 2.05) is 6.92 Å². The molecule has 1 rings (SSSR count). The van der Waals surface area contributed by atoms with Crippen LogP contribution in [0.25, 0.3) is 0 Å². The molecule has 1 saturated heterocycles. The van der Waals surface area contributed by atoms with Crippen LogP contribution >= 0.6 is 0 Å². The fourth-order valence-electron chi connectivity index (χ4n) is 1.04. The van der Waals surface area contributed by atoms with Gasteiger partial charge < -0.3 is 10.4 Å². The van der Waals surface area contributed by atoms with Gasteiger partial charge in [-0.1, -0.05) is 6.92 Å². The number of carbonyl (C=O) groups is 1. The van der Waals surface area contributed by atoms with Crippen molar-refractivity contribution in [1.82, 2.24) is 5.32 Å². The molecule has 3 heteroatoms. The molecule has 2 N–H and O–H groups in total. The topological polar surface area (TPSA) is 49.3 Å². The van der Waals surface area contributed by atoms with E-state index in [2.05, 4.69) is 5.32 Å². The molecule has 1 atom stereocenters. The van der Waals surface area contributed by atoms with Crippen LogP contribution in [0.3, 0.4) is 0 Å². The molecule has 0 saturated carbocycles. The molecule has 0 unspecified atom stereocenters. The van der Waals surface area contributed by atoms with Gasteiger partial charge >= 0.3 is 0 Å². The number of rotatable bonds is 1. The second kappa shape index (κ2) is 2.58. The van der Waals surface area contributed by atoms with Crippen LogP contribution in [-0.2, 0) is 4.79 Å².